The molecular weight excluding hydrogens is 418 g/mol. The van der Waals surface area contributed by atoms with Crippen molar-refractivity contribution < 1.29 is 24.4 Å². The summed E-state index contributed by atoms with van der Waals surface area (Å²) in [5.74, 6) is -0.923. The molecule has 0 bridgehead atoms. The largest absolute Gasteiger partial charge is 0.394 e. The molecule has 5 atom stereocenters. The quantitative estimate of drug-likeness (QED) is 0.535. The molecule has 2 aliphatic heterocycles. The summed E-state index contributed by atoms with van der Waals surface area (Å²) in [6.45, 7) is 3.13. The fourth-order valence-electron chi connectivity index (χ4n) is 4.31. The number of para-hydroxylation sites is 1. The molecule has 0 saturated carbocycles. The number of hydrogen-bond donors (Lipinski definition) is 3. The van der Waals surface area contributed by atoms with Crippen molar-refractivity contribution in [2.24, 2.45) is 0 Å². The Labute approximate surface area is 182 Å². The van der Waals surface area contributed by atoms with Gasteiger partial charge in [-0.1, -0.05) is 24.3 Å². The summed E-state index contributed by atoms with van der Waals surface area (Å²) in [5, 5.41) is 21.5. The van der Waals surface area contributed by atoms with Crippen molar-refractivity contribution in [3.63, 3.8) is 0 Å². The van der Waals surface area contributed by atoms with Crippen LogP contribution in [0.4, 0.5) is 0 Å². The summed E-state index contributed by atoms with van der Waals surface area (Å²) in [6.07, 6.45) is -3.07. The number of aliphatic hydroxyl groups excluding tert-OH is 2. The van der Waals surface area contributed by atoms with Gasteiger partial charge in [0, 0.05) is 11.6 Å². The van der Waals surface area contributed by atoms with Crippen LogP contribution >= 0.6 is 0 Å². The monoisotopic (exact) mass is 441 g/mol. The molecule has 0 spiro atoms. The normalized spacial score (nSPS) is 27.5. The van der Waals surface area contributed by atoms with Gasteiger partial charge in [-0.3, -0.25) is 14.3 Å². The van der Waals surface area contributed by atoms with Gasteiger partial charge in [0.05, 0.1) is 23.4 Å². The molecule has 2 saturated heterocycles. The van der Waals surface area contributed by atoms with Crippen molar-refractivity contribution in [1.29, 1.82) is 0 Å². The Morgan fingerprint density at radius 3 is 2.69 bits per heavy atom. The number of aliphatic hydroxyl groups is 2. The van der Waals surface area contributed by atoms with Gasteiger partial charge in [0.2, 0.25) is 0 Å². The zero-order chi connectivity index (χ0) is 22.6. The highest BCUT2D eigenvalue weighted by molar-refractivity contribution is 5.78. The molecule has 32 heavy (non-hydrogen) atoms. The molecule has 5 rings (SSSR count). The first-order chi connectivity index (χ1) is 15.3. The van der Waals surface area contributed by atoms with Crippen LogP contribution in [0.5, 0.6) is 0 Å². The van der Waals surface area contributed by atoms with E-state index in [2.05, 4.69) is 9.97 Å². The number of nitrogens with zero attached hydrogens (tertiary/aromatic N) is 2. The van der Waals surface area contributed by atoms with E-state index in [-0.39, 0.29) is 17.9 Å². The van der Waals surface area contributed by atoms with Crippen LogP contribution in [-0.2, 0) is 14.2 Å². The Morgan fingerprint density at radius 1 is 1.16 bits per heavy atom. The summed E-state index contributed by atoms with van der Waals surface area (Å²) >= 11 is 0. The minimum Gasteiger partial charge on any atom is -0.394 e. The molecule has 3 N–H and O–H groups in total. The third-order valence-electron chi connectivity index (χ3n) is 5.77. The lowest BCUT2D eigenvalue weighted by molar-refractivity contribution is -0.200. The van der Waals surface area contributed by atoms with Gasteiger partial charge in [-0.15, -0.1) is 0 Å². The number of hydrogen-bond acceptors (Lipinski definition) is 8. The van der Waals surface area contributed by atoms with E-state index in [4.69, 9.17) is 14.2 Å². The Hall–Kier alpha value is -2.89. The fraction of sp³-hybridized carbons (Fsp3) is 0.409. The highest BCUT2D eigenvalue weighted by Gasteiger charge is 2.56. The molecule has 10 nitrogen and oxygen atoms in total. The van der Waals surface area contributed by atoms with E-state index in [0.717, 1.165) is 9.95 Å². The second-order valence-electron chi connectivity index (χ2n) is 8.39. The van der Waals surface area contributed by atoms with Gasteiger partial charge in [0.25, 0.3) is 5.56 Å². The fourth-order valence-corrected chi connectivity index (χ4v) is 4.31. The van der Waals surface area contributed by atoms with Crippen LogP contribution in [0.2, 0.25) is 0 Å². The van der Waals surface area contributed by atoms with Crippen LogP contribution < -0.4 is 11.2 Å². The van der Waals surface area contributed by atoms with Crippen LogP contribution in [0.25, 0.3) is 10.9 Å². The molecule has 4 heterocycles. The van der Waals surface area contributed by atoms with Crippen molar-refractivity contribution in [3.8, 4) is 0 Å². The minimum atomic E-state index is -1.38. The van der Waals surface area contributed by atoms with E-state index in [1.165, 1.54) is 6.20 Å². The van der Waals surface area contributed by atoms with Crippen molar-refractivity contribution in [2.45, 2.75) is 50.3 Å². The number of nitrogens with one attached hydrogen (secondary N) is 1. The van der Waals surface area contributed by atoms with Crippen LogP contribution in [-0.4, -0.2) is 55.5 Å². The first-order valence-electron chi connectivity index (χ1n) is 10.3. The zero-order valence-electron chi connectivity index (χ0n) is 17.5. The maximum Gasteiger partial charge on any atom is 0.330 e. The molecule has 0 radical (unpaired) electrons. The smallest absolute Gasteiger partial charge is 0.330 e. The van der Waals surface area contributed by atoms with Gasteiger partial charge >= 0.3 is 5.69 Å². The first kappa shape index (κ1) is 21.0. The number of H-pyrrole nitrogens is 1. The molecule has 1 unspecified atom stereocenters. The predicted octanol–water partition coefficient (Wildman–Crippen LogP) is 0.576. The topological polar surface area (TPSA) is 136 Å². The lowest BCUT2D eigenvalue weighted by atomic mass is 10.1. The number of ether oxygens (including phenoxy) is 3. The standard InChI is InChI=1S/C22H23N3O7/c1-22(2)31-17-15(10-26)30-20(18(17)32-22)25-9-12(19(28)24-21(25)29)16(27)14-8-7-11-5-3-4-6-13(11)23-14/h3-9,15-18,20,26-27H,10H2,1-2H3,(H,24,28,29)/t15-,16?,17-,18-,20-/m1/s1. The molecular formula is C22H23N3O7. The number of aromatic nitrogens is 3. The molecule has 10 heteroatoms. The van der Waals surface area contributed by atoms with Crippen LogP contribution in [0.3, 0.4) is 0 Å². The van der Waals surface area contributed by atoms with Gasteiger partial charge < -0.3 is 24.4 Å². The number of benzene rings is 1. The SMILES string of the molecule is CC1(C)O[C@@H]2[C@H](O1)[C@@H](CO)O[C@H]2n1cc(C(O)c2ccc3ccccc3n2)c(=O)[nH]c1=O. The van der Waals surface area contributed by atoms with Crippen LogP contribution in [0, 0.1) is 0 Å². The number of pyridine rings is 1. The van der Waals surface area contributed by atoms with Crippen molar-refractivity contribution in [3.05, 3.63) is 74.7 Å². The van der Waals surface area contributed by atoms with Crippen molar-refractivity contribution in [2.75, 3.05) is 6.61 Å². The molecule has 168 valence electrons. The molecule has 0 aliphatic carbocycles. The maximum absolute atomic E-state index is 12.6. The average molecular weight is 441 g/mol. The summed E-state index contributed by atoms with van der Waals surface area (Å²) in [6, 6.07) is 10.8. The Kier molecular flexibility index (Phi) is 4.99. The van der Waals surface area contributed by atoms with E-state index in [1.54, 1.807) is 32.0 Å². The zero-order valence-corrected chi connectivity index (χ0v) is 17.5. The lowest BCUT2D eigenvalue weighted by Gasteiger charge is -2.24. The predicted molar refractivity (Wildman–Crippen MR) is 112 cm³/mol. The average Bonchev–Trinajstić information content (AvgIpc) is 3.26. The Bertz CT molecular complexity index is 1280. The molecule has 0 amide bonds. The number of fused-ring (bicyclic) bond motifs is 2. The van der Waals surface area contributed by atoms with Gasteiger partial charge in [0.1, 0.15) is 24.4 Å². The summed E-state index contributed by atoms with van der Waals surface area (Å²) in [7, 11) is 0. The summed E-state index contributed by atoms with van der Waals surface area (Å²) < 4.78 is 18.7. The van der Waals surface area contributed by atoms with Crippen LogP contribution in [0.15, 0.2) is 52.2 Å². The van der Waals surface area contributed by atoms with Crippen LogP contribution in [0.1, 0.15) is 37.4 Å². The van der Waals surface area contributed by atoms with Crippen molar-refractivity contribution in [1.82, 2.24) is 14.5 Å². The Balaban J connectivity index is 1.54. The molecule has 2 fully saturated rings. The van der Waals surface area contributed by atoms with Gasteiger partial charge in [-0.25, -0.2) is 9.78 Å². The summed E-state index contributed by atoms with van der Waals surface area (Å²) in [4.78, 5) is 31.8. The van der Waals surface area contributed by atoms with E-state index in [1.807, 2.05) is 18.2 Å². The highest BCUT2D eigenvalue weighted by atomic mass is 16.8. The van der Waals surface area contributed by atoms with E-state index < -0.39 is 47.7 Å². The molecule has 2 aromatic heterocycles. The van der Waals surface area contributed by atoms with Gasteiger partial charge in [0.15, 0.2) is 12.0 Å². The van der Waals surface area contributed by atoms with E-state index >= 15 is 0 Å². The number of aromatic amines is 1. The third kappa shape index (κ3) is 3.46. The molecule has 1 aromatic carbocycles. The maximum atomic E-state index is 12.6. The Morgan fingerprint density at radius 2 is 1.91 bits per heavy atom. The van der Waals surface area contributed by atoms with E-state index in [0.29, 0.717) is 5.52 Å². The molecule has 3 aromatic rings. The summed E-state index contributed by atoms with van der Waals surface area (Å²) in [5.41, 5.74) is -0.600. The number of rotatable bonds is 4. The highest BCUT2D eigenvalue weighted by Crippen LogP contribution is 2.42. The second-order valence-corrected chi connectivity index (χ2v) is 8.39. The van der Waals surface area contributed by atoms with E-state index in [9.17, 15) is 19.8 Å². The molecule has 2 aliphatic rings. The van der Waals surface area contributed by atoms with Crippen molar-refractivity contribution >= 4 is 10.9 Å². The third-order valence-corrected chi connectivity index (χ3v) is 5.77. The lowest BCUT2D eigenvalue weighted by Crippen LogP contribution is -2.39. The minimum absolute atomic E-state index is 0.0712. The second kappa shape index (κ2) is 7.61. The van der Waals surface area contributed by atoms with Gasteiger partial charge in [-0.05, 0) is 26.0 Å². The first-order valence-corrected chi connectivity index (χ1v) is 10.3. The van der Waals surface area contributed by atoms with Gasteiger partial charge in [-0.2, -0.15) is 0 Å².